The summed E-state index contributed by atoms with van der Waals surface area (Å²) in [4.78, 5) is 3.16. The molecule has 0 amide bonds. The van der Waals surface area contributed by atoms with Crippen LogP contribution in [-0.2, 0) is 0 Å². The van der Waals surface area contributed by atoms with E-state index < -0.39 is 0 Å². The molecule has 0 heterocycles. The molecular formula is C10H19N2O+. The standard InChI is InChI=1S/C10H18N2O/c1-9(2,3)7(12-11)8(13)10(4,5)6/h1-6H3/p+1/b8-7-. The van der Waals surface area contributed by atoms with Crippen molar-refractivity contribution in [1.82, 2.24) is 0 Å². The molecule has 3 nitrogen and oxygen atoms in total. The lowest BCUT2D eigenvalue weighted by Crippen LogP contribution is -2.17. The molecule has 0 unspecified atom stereocenters. The molecular weight excluding hydrogens is 164 g/mol. The molecule has 0 saturated carbocycles. The first-order chi connectivity index (χ1) is 5.60. The maximum atomic E-state index is 9.81. The number of allylic oxidation sites excluding steroid dienone is 2. The van der Waals surface area contributed by atoms with Gasteiger partial charge in [-0.05, 0) is 20.8 Å². The molecule has 0 atom stereocenters. The van der Waals surface area contributed by atoms with E-state index in [1.165, 1.54) is 0 Å². The first-order valence-electron chi connectivity index (χ1n) is 4.40. The summed E-state index contributed by atoms with van der Waals surface area (Å²) in [6.07, 6.45) is 0. The molecule has 1 N–H and O–H groups in total. The van der Waals surface area contributed by atoms with Gasteiger partial charge < -0.3 is 5.11 Å². The van der Waals surface area contributed by atoms with Gasteiger partial charge in [-0.25, -0.2) is 0 Å². The van der Waals surface area contributed by atoms with E-state index in [0.29, 0.717) is 5.70 Å². The van der Waals surface area contributed by atoms with Crippen LogP contribution in [0, 0.1) is 16.2 Å². The smallest absolute Gasteiger partial charge is 0.404 e. The molecule has 0 aliphatic heterocycles. The maximum absolute atomic E-state index is 9.81. The minimum Gasteiger partial charge on any atom is -0.505 e. The second-order valence-electron chi connectivity index (χ2n) is 5.30. The van der Waals surface area contributed by atoms with Crippen molar-refractivity contribution in [2.75, 3.05) is 0 Å². The van der Waals surface area contributed by atoms with Gasteiger partial charge in [-0.15, -0.1) is 0 Å². The van der Waals surface area contributed by atoms with Crippen molar-refractivity contribution >= 4 is 0 Å². The SMILES string of the molecule is CC(C)(C)/C(O)=C(/[N+]#N)C(C)(C)C. The molecule has 0 saturated heterocycles. The average molecular weight is 183 g/mol. The lowest BCUT2D eigenvalue weighted by Gasteiger charge is -2.18. The Balaban J connectivity index is 5.33. The molecule has 13 heavy (non-hydrogen) atoms. The van der Waals surface area contributed by atoms with Gasteiger partial charge in [-0.3, -0.25) is 0 Å². The summed E-state index contributed by atoms with van der Waals surface area (Å²) >= 11 is 0. The molecule has 74 valence electrons. The first kappa shape index (κ1) is 12.0. The first-order valence-corrected chi connectivity index (χ1v) is 4.40. The molecule has 0 aromatic carbocycles. The summed E-state index contributed by atoms with van der Waals surface area (Å²) in [5.74, 6) is 0.141. The summed E-state index contributed by atoms with van der Waals surface area (Å²) in [5, 5.41) is 18.6. The van der Waals surface area contributed by atoms with Gasteiger partial charge in [0.05, 0.1) is 5.41 Å². The normalized spacial score (nSPS) is 14.8. The van der Waals surface area contributed by atoms with Crippen molar-refractivity contribution in [3.8, 4) is 0 Å². The van der Waals surface area contributed by atoms with Crippen LogP contribution in [0.5, 0.6) is 0 Å². The topological polar surface area (TPSA) is 48.4 Å². The zero-order valence-corrected chi connectivity index (χ0v) is 9.34. The number of aliphatic hydroxyl groups excluding tert-OH is 1. The Morgan fingerprint density at radius 3 is 1.46 bits per heavy atom. The van der Waals surface area contributed by atoms with Crippen LogP contribution in [0.1, 0.15) is 41.5 Å². The molecule has 3 heteroatoms. The molecule has 0 aromatic heterocycles. The fraction of sp³-hybridized carbons (Fsp3) is 0.800. The Bertz CT molecular complexity index is 258. The van der Waals surface area contributed by atoms with Crippen molar-refractivity contribution in [1.29, 1.82) is 5.39 Å². The minimum absolute atomic E-state index is 0.141. The fourth-order valence-corrected chi connectivity index (χ4v) is 0.908. The van der Waals surface area contributed by atoms with Crippen LogP contribution in [0.3, 0.4) is 0 Å². The van der Waals surface area contributed by atoms with Gasteiger partial charge >= 0.3 is 5.70 Å². The van der Waals surface area contributed by atoms with Gasteiger partial charge in [-0.2, -0.15) is 0 Å². The number of diazo groups is 1. The second kappa shape index (κ2) is 3.37. The number of aliphatic hydroxyl groups is 1. The molecule has 0 radical (unpaired) electrons. The maximum Gasteiger partial charge on any atom is 0.404 e. The monoisotopic (exact) mass is 183 g/mol. The van der Waals surface area contributed by atoms with Gasteiger partial charge in [0, 0.05) is 5.41 Å². The van der Waals surface area contributed by atoms with Crippen LogP contribution in [0.15, 0.2) is 11.5 Å². The molecule has 0 bridgehead atoms. The van der Waals surface area contributed by atoms with E-state index in [1.54, 1.807) is 0 Å². The van der Waals surface area contributed by atoms with E-state index in [2.05, 4.69) is 4.98 Å². The summed E-state index contributed by atoms with van der Waals surface area (Å²) in [7, 11) is 0. The van der Waals surface area contributed by atoms with Gasteiger partial charge in [-0.1, -0.05) is 20.8 Å². The predicted molar refractivity (Wildman–Crippen MR) is 53.6 cm³/mol. The molecule has 0 aromatic rings. The Labute approximate surface area is 80.1 Å². The lowest BCUT2D eigenvalue weighted by molar-refractivity contribution is 0.259. The third-order valence-electron chi connectivity index (χ3n) is 1.75. The molecule has 0 aliphatic carbocycles. The molecule has 0 aliphatic rings. The van der Waals surface area contributed by atoms with Crippen molar-refractivity contribution in [2.24, 2.45) is 10.8 Å². The third-order valence-corrected chi connectivity index (χ3v) is 1.75. The van der Waals surface area contributed by atoms with E-state index in [1.807, 2.05) is 41.5 Å². The van der Waals surface area contributed by atoms with Crippen LogP contribution >= 0.6 is 0 Å². The highest BCUT2D eigenvalue weighted by Crippen LogP contribution is 2.35. The summed E-state index contributed by atoms with van der Waals surface area (Å²) < 4.78 is 0. The zero-order valence-electron chi connectivity index (χ0n) is 9.34. The van der Waals surface area contributed by atoms with E-state index in [4.69, 9.17) is 5.39 Å². The number of hydrogen-bond donors (Lipinski definition) is 1. The minimum atomic E-state index is -0.380. The predicted octanol–water partition coefficient (Wildman–Crippen LogP) is 3.70. The molecule has 0 fully saturated rings. The highest BCUT2D eigenvalue weighted by molar-refractivity contribution is 5.23. The van der Waals surface area contributed by atoms with Crippen molar-refractivity contribution < 1.29 is 5.11 Å². The highest BCUT2D eigenvalue weighted by Gasteiger charge is 2.38. The van der Waals surface area contributed by atoms with Crippen LogP contribution in [-0.4, -0.2) is 5.11 Å². The van der Waals surface area contributed by atoms with Crippen LogP contribution in [0.2, 0.25) is 0 Å². The molecule has 0 spiro atoms. The number of nitrogens with zero attached hydrogens (tertiary/aromatic N) is 2. The van der Waals surface area contributed by atoms with E-state index >= 15 is 0 Å². The lowest BCUT2D eigenvalue weighted by atomic mass is 9.84. The summed E-state index contributed by atoms with van der Waals surface area (Å²) in [6, 6.07) is 0. The Morgan fingerprint density at radius 1 is 1.00 bits per heavy atom. The Kier molecular flexibility index (Phi) is 3.10. The van der Waals surface area contributed by atoms with E-state index in [-0.39, 0.29) is 16.6 Å². The fourth-order valence-electron chi connectivity index (χ4n) is 0.908. The zero-order chi connectivity index (χ0) is 10.9. The van der Waals surface area contributed by atoms with Crippen LogP contribution < -0.4 is 0 Å². The van der Waals surface area contributed by atoms with Crippen molar-refractivity contribution in [2.45, 2.75) is 41.5 Å². The van der Waals surface area contributed by atoms with Gasteiger partial charge in [0.25, 0.3) is 0 Å². The third kappa shape index (κ3) is 3.06. The number of rotatable bonds is 0. The summed E-state index contributed by atoms with van der Waals surface area (Å²) in [6.45, 7) is 11.3. The van der Waals surface area contributed by atoms with E-state index in [9.17, 15) is 5.11 Å². The van der Waals surface area contributed by atoms with Gasteiger partial charge in [0.15, 0.2) is 10.7 Å². The van der Waals surface area contributed by atoms with Crippen LogP contribution in [0.4, 0.5) is 0 Å². The Morgan fingerprint density at radius 2 is 1.38 bits per heavy atom. The number of hydrogen-bond acceptors (Lipinski definition) is 2. The average Bonchev–Trinajstić information content (AvgIpc) is 1.83. The van der Waals surface area contributed by atoms with Gasteiger partial charge in [0.1, 0.15) is 0 Å². The quantitative estimate of drug-likeness (QED) is 0.459. The second-order valence-corrected chi connectivity index (χ2v) is 5.30. The van der Waals surface area contributed by atoms with Crippen molar-refractivity contribution in [3.63, 3.8) is 0 Å². The van der Waals surface area contributed by atoms with Crippen LogP contribution in [0.25, 0.3) is 4.98 Å². The largest absolute Gasteiger partial charge is 0.505 e. The van der Waals surface area contributed by atoms with Gasteiger partial charge in [0.2, 0.25) is 5.39 Å². The van der Waals surface area contributed by atoms with Crippen molar-refractivity contribution in [3.05, 3.63) is 16.4 Å². The Hall–Kier alpha value is -1.04. The summed E-state index contributed by atoms with van der Waals surface area (Å²) in [5.41, 5.74) is -0.374. The van der Waals surface area contributed by atoms with E-state index in [0.717, 1.165) is 0 Å². The molecule has 0 rings (SSSR count). The highest BCUT2D eigenvalue weighted by atomic mass is 16.3.